The largest absolute Gasteiger partial charge is 0.756 e. The van der Waals surface area contributed by atoms with Crippen molar-refractivity contribution in [3.8, 4) is 0 Å². The van der Waals surface area contributed by atoms with E-state index in [1.54, 1.807) is 6.08 Å². The van der Waals surface area contributed by atoms with Gasteiger partial charge in [0.05, 0.1) is 46.1 Å². The van der Waals surface area contributed by atoms with Crippen LogP contribution >= 0.6 is 7.82 Å². The highest BCUT2D eigenvalue weighted by atomic mass is 31.2. The molecule has 0 spiro atoms. The van der Waals surface area contributed by atoms with E-state index in [4.69, 9.17) is 18.5 Å². The number of aliphatic hydroxyl groups is 3. The minimum Gasteiger partial charge on any atom is -0.756 e. The zero-order valence-corrected chi connectivity index (χ0v) is 39.1. The summed E-state index contributed by atoms with van der Waals surface area (Å²) in [5.74, 6) is -1.50. The molecule has 0 bridgehead atoms. The van der Waals surface area contributed by atoms with E-state index in [1.807, 2.05) is 39.4 Å². The number of allylic oxidation sites excluding steroid dienone is 10. The Labute approximate surface area is 368 Å². The van der Waals surface area contributed by atoms with Crippen molar-refractivity contribution < 1.29 is 57.4 Å². The molecule has 1 aliphatic rings. The third-order valence-corrected chi connectivity index (χ3v) is 11.2. The number of hydrogen-bond acceptors (Lipinski definition) is 11. The Bertz CT molecular complexity index is 1390. The van der Waals surface area contributed by atoms with Crippen LogP contribution in [0.15, 0.2) is 72.9 Å². The third kappa shape index (κ3) is 31.8. The van der Waals surface area contributed by atoms with Crippen LogP contribution in [0.1, 0.15) is 136 Å². The van der Waals surface area contributed by atoms with Gasteiger partial charge in [-0.05, 0) is 76.5 Å². The summed E-state index contributed by atoms with van der Waals surface area (Å²) in [6.45, 7) is 3.68. The second-order valence-electron chi connectivity index (χ2n) is 17.0. The summed E-state index contributed by atoms with van der Waals surface area (Å²) in [7, 11) is 0.989. The summed E-state index contributed by atoms with van der Waals surface area (Å²) >= 11 is 0. The molecule has 7 atom stereocenters. The molecule has 1 saturated carbocycles. The van der Waals surface area contributed by atoms with Gasteiger partial charge in [0.1, 0.15) is 19.8 Å². The van der Waals surface area contributed by atoms with E-state index in [1.165, 1.54) is 0 Å². The minimum absolute atomic E-state index is 0.0385. The van der Waals surface area contributed by atoms with Crippen molar-refractivity contribution in [2.24, 2.45) is 11.8 Å². The number of likely N-dealkylation sites (N-methyl/N-ethyl adjacent to an activating group) is 1. The van der Waals surface area contributed by atoms with Crippen LogP contribution in [-0.4, -0.2) is 104 Å². The lowest BCUT2D eigenvalue weighted by Crippen LogP contribution is -2.37. The van der Waals surface area contributed by atoms with E-state index in [-0.39, 0.29) is 44.3 Å². The highest BCUT2D eigenvalue weighted by Gasteiger charge is 2.39. The van der Waals surface area contributed by atoms with Crippen LogP contribution in [0.25, 0.3) is 0 Å². The molecule has 0 aromatic rings. The molecule has 0 amide bonds. The number of unbranched alkanes of at least 4 members (excludes halogenated alkanes) is 7. The molecule has 0 saturated heterocycles. The van der Waals surface area contributed by atoms with Gasteiger partial charge < -0.3 is 43.2 Å². The number of hydrogen-bond donors (Lipinski definition) is 3. The summed E-state index contributed by atoms with van der Waals surface area (Å²) in [6, 6.07) is 0. The lowest BCUT2D eigenvalue weighted by Gasteiger charge is -2.28. The van der Waals surface area contributed by atoms with Crippen LogP contribution < -0.4 is 4.89 Å². The van der Waals surface area contributed by atoms with E-state index in [9.17, 15) is 34.4 Å². The predicted octanol–water partition coefficient (Wildman–Crippen LogP) is 8.77. The molecule has 0 aromatic carbocycles. The second-order valence-corrected chi connectivity index (χ2v) is 18.4. The molecular formula is C48H82NO11P. The van der Waals surface area contributed by atoms with Gasteiger partial charge in [-0.1, -0.05) is 119 Å². The van der Waals surface area contributed by atoms with Gasteiger partial charge in [0.25, 0.3) is 7.82 Å². The number of esters is 2. The third-order valence-electron chi connectivity index (χ3n) is 10.3. The zero-order valence-electron chi connectivity index (χ0n) is 38.2. The highest BCUT2D eigenvalue weighted by molar-refractivity contribution is 7.45. The van der Waals surface area contributed by atoms with Gasteiger partial charge in [0.2, 0.25) is 0 Å². The van der Waals surface area contributed by atoms with Crippen LogP contribution in [0.3, 0.4) is 0 Å². The molecule has 0 heterocycles. The summed E-state index contributed by atoms with van der Waals surface area (Å²) in [5.41, 5.74) is 0. The van der Waals surface area contributed by atoms with Crippen molar-refractivity contribution in [2.75, 3.05) is 47.5 Å². The Morgan fingerprint density at radius 2 is 1.38 bits per heavy atom. The first-order valence-electron chi connectivity index (χ1n) is 22.9. The lowest BCUT2D eigenvalue weighted by atomic mass is 9.89. The average Bonchev–Trinajstić information content (AvgIpc) is 3.47. The molecule has 1 fully saturated rings. The van der Waals surface area contributed by atoms with Gasteiger partial charge in [-0.3, -0.25) is 14.2 Å². The fraction of sp³-hybridized carbons (Fsp3) is 0.708. The Morgan fingerprint density at radius 1 is 0.754 bits per heavy atom. The maximum Gasteiger partial charge on any atom is 0.306 e. The molecule has 12 nitrogen and oxygen atoms in total. The Morgan fingerprint density at radius 3 is 2.05 bits per heavy atom. The number of carbonyl (C=O) groups excluding carboxylic acids is 2. The first-order valence-corrected chi connectivity index (χ1v) is 24.4. The second kappa shape index (κ2) is 34.8. The van der Waals surface area contributed by atoms with Crippen molar-refractivity contribution in [1.29, 1.82) is 0 Å². The van der Waals surface area contributed by atoms with Crippen molar-refractivity contribution in [3.05, 3.63) is 72.9 Å². The van der Waals surface area contributed by atoms with Gasteiger partial charge in [-0.2, -0.15) is 0 Å². The predicted molar refractivity (Wildman–Crippen MR) is 242 cm³/mol. The van der Waals surface area contributed by atoms with Gasteiger partial charge in [0, 0.05) is 25.2 Å². The van der Waals surface area contributed by atoms with Crippen molar-refractivity contribution >= 4 is 19.8 Å². The normalized spacial score (nSPS) is 20.9. The Kier molecular flexibility index (Phi) is 32.1. The summed E-state index contributed by atoms with van der Waals surface area (Å²) in [5, 5.41) is 31.4. The number of quaternary nitrogens is 1. The van der Waals surface area contributed by atoms with Crippen LogP contribution in [0.2, 0.25) is 0 Å². The first kappa shape index (κ1) is 56.3. The van der Waals surface area contributed by atoms with Crippen LogP contribution in [0, 0.1) is 11.8 Å². The Hall–Kier alpha value is -2.67. The van der Waals surface area contributed by atoms with Crippen LogP contribution in [-0.2, 0) is 32.7 Å². The number of ether oxygens (including phenoxy) is 2. The van der Waals surface area contributed by atoms with E-state index in [2.05, 4.69) is 62.5 Å². The standard InChI is InChI=1S/C48H82NO11P/c1-6-8-10-11-12-13-14-15-16-17-18-19-20-21-22-23-28-32-47(53)57-39-42(40-59-61(55,56)58-37-36-49(3,4)5)60-48(54)33-29-25-24-27-31-43-44(46(52)38-45(43)51)35-34-41(50)30-26-9-7-2/h8,10,12-13,15-16,18-19,24,27,34-35,41-46,50-52H,6-7,9,11,14,17,20-23,25-26,28-33,36-40H2,1-5H3/b10-8-,13-12-,16-15-,19-18-,27-24+,35-34+/t41-,42+,43+,44+,45-,46+/m0/s1. The fourth-order valence-electron chi connectivity index (χ4n) is 6.64. The SMILES string of the molecule is CC/C=C\C/C=C\C/C=C\C/C=C\CCCCCCC(=O)OC[C@H](COP(=O)([O-])OCC[N+](C)(C)C)OC(=O)CCC/C=C/C[C@@H]1[C@@H](/C=C/[C@@H](O)CCCCC)[C@H](O)C[C@@H]1O. The molecule has 0 radical (unpaired) electrons. The van der Waals surface area contributed by atoms with E-state index in [0.717, 1.165) is 70.6 Å². The van der Waals surface area contributed by atoms with Crippen LogP contribution in [0.4, 0.5) is 0 Å². The average molecular weight is 880 g/mol. The van der Waals surface area contributed by atoms with E-state index >= 15 is 0 Å². The number of nitrogens with zero attached hydrogens (tertiary/aromatic N) is 1. The molecule has 0 aromatic heterocycles. The fourth-order valence-corrected chi connectivity index (χ4v) is 7.37. The van der Waals surface area contributed by atoms with Gasteiger partial charge in [-0.15, -0.1) is 0 Å². The maximum absolute atomic E-state index is 12.8. The summed E-state index contributed by atoms with van der Waals surface area (Å²) in [6.07, 6.45) is 36.0. The number of aliphatic hydroxyl groups excluding tert-OH is 3. The van der Waals surface area contributed by atoms with Gasteiger partial charge >= 0.3 is 11.9 Å². The van der Waals surface area contributed by atoms with Crippen molar-refractivity contribution in [3.63, 3.8) is 0 Å². The molecular weight excluding hydrogens is 797 g/mol. The van der Waals surface area contributed by atoms with E-state index in [0.29, 0.717) is 43.1 Å². The lowest BCUT2D eigenvalue weighted by molar-refractivity contribution is -0.870. The zero-order chi connectivity index (χ0) is 45.2. The maximum atomic E-state index is 12.8. The molecule has 1 unspecified atom stereocenters. The first-order chi connectivity index (χ1) is 29.2. The summed E-state index contributed by atoms with van der Waals surface area (Å²) < 4.78 is 33.8. The topological polar surface area (TPSA) is 172 Å². The number of carbonyl (C=O) groups is 2. The number of rotatable bonds is 36. The molecule has 1 aliphatic carbocycles. The number of phosphoric acid groups is 1. The Balaban J connectivity index is 2.52. The molecule has 0 aliphatic heterocycles. The van der Waals surface area contributed by atoms with Gasteiger partial charge in [0.15, 0.2) is 6.10 Å². The summed E-state index contributed by atoms with van der Waals surface area (Å²) in [4.78, 5) is 37.8. The smallest absolute Gasteiger partial charge is 0.306 e. The molecule has 350 valence electrons. The number of phosphoric ester groups is 1. The molecule has 3 N–H and O–H groups in total. The highest BCUT2D eigenvalue weighted by Crippen LogP contribution is 2.38. The van der Waals surface area contributed by atoms with Crippen molar-refractivity contribution in [1.82, 2.24) is 0 Å². The quantitative estimate of drug-likeness (QED) is 0.0181. The van der Waals surface area contributed by atoms with Crippen LogP contribution in [0.5, 0.6) is 0 Å². The van der Waals surface area contributed by atoms with Gasteiger partial charge in [-0.25, -0.2) is 0 Å². The molecule has 1 rings (SSSR count). The van der Waals surface area contributed by atoms with Crippen molar-refractivity contribution in [2.45, 2.75) is 160 Å². The molecule has 13 heteroatoms. The molecule has 61 heavy (non-hydrogen) atoms. The monoisotopic (exact) mass is 880 g/mol. The minimum atomic E-state index is -4.71. The van der Waals surface area contributed by atoms with E-state index < -0.39 is 50.8 Å².